The lowest BCUT2D eigenvalue weighted by Gasteiger charge is -2.04. The Bertz CT molecular complexity index is 391. The first-order valence-corrected chi connectivity index (χ1v) is 3.97. The number of amidine groups is 1. The Hall–Kier alpha value is -2.31. The SMILES string of the molecule is N/C(COc1ccccc1[N+](=O)[O-])=N\O. The summed E-state index contributed by atoms with van der Waals surface area (Å²) < 4.78 is 4.99. The number of hydrogen-bond donors (Lipinski definition) is 2. The molecule has 7 nitrogen and oxygen atoms in total. The van der Waals surface area contributed by atoms with Crippen molar-refractivity contribution in [1.82, 2.24) is 0 Å². The van der Waals surface area contributed by atoms with Crippen molar-refractivity contribution >= 4 is 11.5 Å². The topological polar surface area (TPSA) is 111 Å². The number of nitrogens with two attached hydrogens (primary N) is 1. The standard InChI is InChI=1S/C8H9N3O4/c9-8(10-12)5-15-7-4-2-1-3-6(7)11(13)14/h1-4,12H,5H2,(H2,9,10). The molecule has 1 aromatic carbocycles. The van der Waals surface area contributed by atoms with E-state index < -0.39 is 4.92 Å². The van der Waals surface area contributed by atoms with E-state index in [4.69, 9.17) is 15.7 Å². The number of rotatable bonds is 4. The summed E-state index contributed by atoms with van der Waals surface area (Å²) in [7, 11) is 0. The van der Waals surface area contributed by atoms with Crippen LogP contribution in [-0.4, -0.2) is 22.6 Å². The number of nitro groups is 1. The van der Waals surface area contributed by atoms with E-state index in [1.54, 1.807) is 6.07 Å². The number of nitrogens with zero attached hydrogens (tertiary/aromatic N) is 2. The van der Waals surface area contributed by atoms with Crippen molar-refractivity contribution in [3.8, 4) is 5.75 Å². The summed E-state index contributed by atoms with van der Waals surface area (Å²) in [5, 5.41) is 21.5. The summed E-state index contributed by atoms with van der Waals surface area (Å²) in [4.78, 5) is 9.98. The maximum atomic E-state index is 10.6. The van der Waals surface area contributed by atoms with Crippen LogP contribution in [0.4, 0.5) is 5.69 Å². The third-order valence-electron chi connectivity index (χ3n) is 1.57. The van der Waals surface area contributed by atoms with Gasteiger partial charge in [-0.15, -0.1) is 0 Å². The van der Waals surface area contributed by atoms with Gasteiger partial charge >= 0.3 is 5.69 Å². The van der Waals surface area contributed by atoms with Gasteiger partial charge in [-0.3, -0.25) is 10.1 Å². The Morgan fingerprint density at radius 3 is 2.87 bits per heavy atom. The van der Waals surface area contributed by atoms with Crippen LogP contribution >= 0.6 is 0 Å². The zero-order chi connectivity index (χ0) is 11.3. The minimum atomic E-state index is -0.568. The molecule has 0 saturated carbocycles. The van der Waals surface area contributed by atoms with E-state index in [0.717, 1.165) is 0 Å². The smallest absolute Gasteiger partial charge is 0.310 e. The molecule has 0 fully saturated rings. The van der Waals surface area contributed by atoms with Crippen LogP contribution in [0.5, 0.6) is 5.75 Å². The van der Waals surface area contributed by atoms with Crippen molar-refractivity contribution in [3.05, 3.63) is 34.4 Å². The molecule has 0 aliphatic carbocycles. The molecule has 1 aromatic rings. The molecular weight excluding hydrogens is 202 g/mol. The van der Waals surface area contributed by atoms with E-state index in [9.17, 15) is 10.1 Å². The van der Waals surface area contributed by atoms with Crippen molar-refractivity contribution in [1.29, 1.82) is 0 Å². The highest BCUT2D eigenvalue weighted by Gasteiger charge is 2.13. The lowest BCUT2D eigenvalue weighted by Crippen LogP contribution is -2.21. The van der Waals surface area contributed by atoms with Crippen LogP contribution in [0.3, 0.4) is 0 Å². The zero-order valence-electron chi connectivity index (χ0n) is 7.66. The van der Waals surface area contributed by atoms with E-state index in [0.29, 0.717) is 0 Å². The first kappa shape index (κ1) is 10.8. The van der Waals surface area contributed by atoms with Crippen LogP contribution in [-0.2, 0) is 0 Å². The molecule has 3 N–H and O–H groups in total. The highest BCUT2D eigenvalue weighted by molar-refractivity contribution is 5.81. The molecule has 80 valence electrons. The fourth-order valence-electron chi connectivity index (χ4n) is 0.911. The van der Waals surface area contributed by atoms with Crippen molar-refractivity contribution in [2.24, 2.45) is 10.9 Å². The van der Waals surface area contributed by atoms with Gasteiger partial charge in [-0.05, 0) is 6.07 Å². The van der Waals surface area contributed by atoms with Crippen LogP contribution in [0.2, 0.25) is 0 Å². The molecule has 0 bridgehead atoms. The molecule has 0 aliphatic rings. The van der Waals surface area contributed by atoms with E-state index in [1.807, 2.05) is 0 Å². The largest absolute Gasteiger partial charge is 0.479 e. The third kappa shape index (κ3) is 2.83. The Morgan fingerprint density at radius 1 is 1.60 bits per heavy atom. The van der Waals surface area contributed by atoms with Crippen LogP contribution in [0, 0.1) is 10.1 Å². The molecule has 0 aliphatic heterocycles. The Morgan fingerprint density at radius 2 is 2.27 bits per heavy atom. The monoisotopic (exact) mass is 211 g/mol. The number of para-hydroxylation sites is 2. The van der Waals surface area contributed by atoms with Gasteiger partial charge in [0.25, 0.3) is 0 Å². The Kier molecular flexibility index (Phi) is 3.44. The third-order valence-corrected chi connectivity index (χ3v) is 1.57. The normalized spacial score (nSPS) is 11.1. The second-order valence-corrected chi connectivity index (χ2v) is 2.60. The molecule has 0 spiro atoms. The van der Waals surface area contributed by atoms with Gasteiger partial charge in [-0.1, -0.05) is 17.3 Å². The summed E-state index contributed by atoms with van der Waals surface area (Å²) in [5.41, 5.74) is 4.99. The fourth-order valence-corrected chi connectivity index (χ4v) is 0.911. The summed E-state index contributed by atoms with van der Waals surface area (Å²) in [6, 6.07) is 5.85. The van der Waals surface area contributed by atoms with E-state index >= 15 is 0 Å². The molecule has 0 aromatic heterocycles. The quantitative estimate of drug-likeness (QED) is 0.250. The van der Waals surface area contributed by atoms with Gasteiger partial charge in [-0.25, -0.2) is 0 Å². The lowest BCUT2D eigenvalue weighted by molar-refractivity contribution is -0.385. The molecule has 1 rings (SSSR count). The van der Waals surface area contributed by atoms with Crippen molar-refractivity contribution in [3.63, 3.8) is 0 Å². The molecule has 0 heterocycles. The minimum Gasteiger partial charge on any atom is -0.479 e. The average Bonchev–Trinajstić information content (AvgIpc) is 2.26. The summed E-state index contributed by atoms with van der Waals surface area (Å²) in [6.07, 6.45) is 0. The molecule has 0 amide bonds. The molecular formula is C8H9N3O4. The summed E-state index contributed by atoms with van der Waals surface area (Å²) in [5.74, 6) is -0.0812. The second-order valence-electron chi connectivity index (χ2n) is 2.60. The predicted octanol–water partition coefficient (Wildman–Crippen LogP) is 0.720. The average molecular weight is 211 g/mol. The molecule has 0 radical (unpaired) electrons. The van der Waals surface area contributed by atoms with Crippen molar-refractivity contribution in [2.45, 2.75) is 0 Å². The van der Waals surface area contributed by atoms with Gasteiger partial charge < -0.3 is 15.7 Å². The number of ether oxygens (including phenoxy) is 1. The zero-order valence-corrected chi connectivity index (χ0v) is 7.66. The van der Waals surface area contributed by atoms with Crippen LogP contribution in [0.25, 0.3) is 0 Å². The van der Waals surface area contributed by atoms with E-state index in [-0.39, 0.29) is 23.9 Å². The van der Waals surface area contributed by atoms with Gasteiger partial charge in [0, 0.05) is 6.07 Å². The molecule has 0 unspecified atom stereocenters. The van der Waals surface area contributed by atoms with Crippen LogP contribution < -0.4 is 10.5 Å². The van der Waals surface area contributed by atoms with E-state index in [2.05, 4.69) is 5.16 Å². The van der Waals surface area contributed by atoms with Crippen LogP contribution in [0.1, 0.15) is 0 Å². The van der Waals surface area contributed by atoms with Gasteiger partial charge in [0.2, 0.25) is 0 Å². The van der Waals surface area contributed by atoms with Gasteiger partial charge in [0.15, 0.2) is 11.6 Å². The first-order chi connectivity index (χ1) is 7.15. The highest BCUT2D eigenvalue weighted by atomic mass is 16.6. The number of oxime groups is 1. The number of hydrogen-bond acceptors (Lipinski definition) is 5. The fraction of sp³-hybridized carbons (Fsp3) is 0.125. The number of nitro benzene ring substituents is 1. The highest BCUT2D eigenvalue weighted by Crippen LogP contribution is 2.25. The summed E-state index contributed by atoms with van der Waals surface area (Å²) in [6.45, 7) is -0.207. The minimum absolute atomic E-state index is 0.0779. The van der Waals surface area contributed by atoms with Crippen molar-refractivity contribution < 1.29 is 14.9 Å². The summed E-state index contributed by atoms with van der Waals surface area (Å²) >= 11 is 0. The predicted molar refractivity (Wildman–Crippen MR) is 52.0 cm³/mol. The van der Waals surface area contributed by atoms with Gasteiger partial charge in [0.1, 0.15) is 6.61 Å². The van der Waals surface area contributed by atoms with Gasteiger partial charge in [0.05, 0.1) is 4.92 Å². The van der Waals surface area contributed by atoms with Crippen LogP contribution in [0.15, 0.2) is 29.4 Å². The van der Waals surface area contributed by atoms with Crippen molar-refractivity contribution in [2.75, 3.05) is 6.61 Å². The maximum absolute atomic E-state index is 10.6. The molecule has 0 atom stereocenters. The van der Waals surface area contributed by atoms with Gasteiger partial charge in [-0.2, -0.15) is 0 Å². The lowest BCUT2D eigenvalue weighted by atomic mass is 10.3. The molecule has 0 saturated heterocycles. The molecule has 15 heavy (non-hydrogen) atoms. The van der Waals surface area contributed by atoms with E-state index in [1.165, 1.54) is 18.2 Å². The second kappa shape index (κ2) is 4.80. The Labute approximate surface area is 84.9 Å². The maximum Gasteiger partial charge on any atom is 0.310 e. The Balaban J connectivity index is 2.80. The number of benzene rings is 1. The molecule has 7 heteroatoms. The first-order valence-electron chi connectivity index (χ1n) is 3.97.